The summed E-state index contributed by atoms with van der Waals surface area (Å²) in [5.41, 5.74) is 2.95. The van der Waals surface area contributed by atoms with Crippen molar-refractivity contribution < 1.29 is 0 Å². The topological polar surface area (TPSA) is 62.5 Å². The number of anilines is 2. The van der Waals surface area contributed by atoms with Crippen molar-refractivity contribution in [3.05, 3.63) is 42.0 Å². The van der Waals surface area contributed by atoms with Crippen LogP contribution in [0.4, 0.5) is 11.5 Å². The summed E-state index contributed by atoms with van der Waals surface area (Å²) < 4.78 is 1.87. The largest absolute Gasteiger partial charge is 0.368 e. The number of hydrogen-bond donors (Lipinski definition) is 0. The quantitative estimate of drug-likeness (QED) is 0.722. The highest BCUT2D eigenvalue weighted by Crippen LogP contribution is 2.26. The number of nitrogens with zero attached hydrogens (tertiary/aromatic N) is 7. The van der Waals surface area contributed by atoms with Gasteiger partial charge in [-0.2, -0.15) is 4.52 Å². The maximum atomic E-state index is 4.79. The van der Waals surface area contributed by atoms with Crippen LogP contribution in [0.1, 0.15) is 32.3 Å². The van der Waals surface area contributed by atoms with Crippen LogP contribution in [-0.2, 0) is 5.41 Å². The molecular formula is C19H25N7. The lowest BCUT2D eigenvalue weighted by Gasteiger charge is -2.45. The van der Waals surface area contributed by atoms with E-state index in [4.69, 9.17) is 5.10 Å². The molecule has 0 aliphatic carbocycles. The third-order valence-corrected chi connectivity index (χ3v) is 4.94. The zero-order chi connectivity index (χ0) is 18.5. The first kappa shape index (κ1) is 16.8. The number of likely N-dealkylation sites (N-methyl/N-ethyl adjacent to an activating group) is 1. The van der Waals surface area contributed by atoms with Gasteiger partial charge in [0, 0.05) is 43.1 Å². The average Bonchev–Trinajstić information content (AvgIpc) is 2.97. The van der Waals surface area contributed by atoms with E-state index in [-0.39, 0.29) is 5.41 Å². The van der Waals surface area contributed by atoms with E-state index < -0.39 is 0 Å². The molecule has 0 aromatic carbocycles. The average molecular weight is 351 g/mol. The van der Waals surface area contributed by atoms with Crippen LogP contribution in [0.2, 0.25) is 0 Å². The molecule has 0 spiro atoms. The highest BCUT2D eigenvalue weighted by Gasteiger charge is 2.32. The number of pyridine rings is 1. The summed E-state index contributed by atoms with van der Waals surface area (Å²) in [5.74, 6) is 1.86. The Morgan fingerprint density at radius 1 is 1.12 bits per heavy atom. The summed E-state index contributed by atoms with van der Waals surface area (Å²) in [4.78, 5) is 8.89. The van der Waals surface area contributed by atoms with E-state index >= 15 is 0 Å². The smallest absolute Gasteiger partial charge is 0.178 e. The Balaban J connectivity index is 1.52. The predicted molar refractivity (Wildman–Crippen MR) is 103 cm³/mol. The normalized spacial score (nSPS) is 15.3. The molecule has 0 amide bonds. The van der Waals surface area contributed by atoms with Gasteiger partial charge in [0.1, 0.15) is 5.82 Å². The lowest BCUT2D eigenvalue weighted by molar-refractivity contribution is 0.485. The second kappa shape index (κ2) is 5.93. The van der Waals surface area contributed by atoms with Crippen molar-refractivity contribution >= 4 is 17.2 Å². The molecule has 26 heavy (non-hydrogen) atoms. The van der Waals surface area contributed by atoms with E-state index in [1.54, 1.807) is 0 Å². The van der Waals surface area contributed by atoms with Crippen LogP contribution in [0.3, 0.4) is 0 Å². The van der Waals surface area contributed by atoms with Gasteiger partial charge in [0.15, 0.2) is 11.5 Å². The first-order valence-electron chi connectivity index (χ1n) is 8.96. The molecule has 136 valence electrons. The SMILES string of the molecule is Cc1cc(N(C)C2CN(c3ccc4nnc(C(C)(C)C)n4n3)C2)ccn1. The molecule has 1 fully saturated rings. The van der Waals surface area contributed by atoms with Crippen molar-refractivity contribution in [1.82, 2.24) is 24.8 Å². The Bertz CT molecular complexity index is 934. The third kappa shape index (κ3) is 2.87. The molecule has 0 saturated carbocycles. The standard InChI is InChI=1S/C19H25N7/c1-13-10-14(8-9-20-13)24(5)15-11-25(12-15)17-7-6-16-21-22-18(19(2,3)4)26(16)23-17/h6-10,15H,11-12H2,1-5H3. The van der Waals surface area contributed by atoms with Crippen molar-refractivity contribution in [2.75, 3.05) is 29.9 Å². The lowest BCUT2D eigenvalue weighted by Crippen LogP contribution is -2.59. The highest BCUT2D eigenvalue weighted by molar-refractivity contribution is 5.53. The second-order valence-electron chi connectivity index (χ2n) is 8.06. The van der Waals surface area contributed by atoms with E-state index in [2.05, 4.69) is 64.9 Å². The van der Waals surface area contributed by atoms with Gasteiger partial charge in [0.2, 0.25) is 0 Å². The van der Waals surface area contributed by atoms with Crippen molar-refractivity contribution in [1.29, 1.82) is 0 Å². The maximum Gasteiger partial charge on any atom is 0.178 e. The molecule has 1 aliphatic heterocycles. The number of fused-ring (bicyclic) bond motifs is 1. The maximum absolute atomic E-state index is 4.79. The van der Waals surface area contributed by atoms with Crippen LogP contribution in [-0.4, -0.2) is 51.0 Å². The van der Waals surface area contributed by atoms with Gasteiger partial charge in [0.25, 0.3) is 0 Å². The summed E-state index contributed by atoms with van der Waals surface area (Å²) >= 11 is 0. The van der Waals surface area contributed by atoms with E-state index in [9.17, 15) is 0 Å². The summed E-state index contributed by atoms with van der Waals surface area (Å²) in [6, 6.07) is 8.68. The van der Waals surface area contributed by atoms with E-state index in [1.807, 2.05) is 29.8 Å². The first-order valence-corrected chi connectivity index (χ1v) is 8.96. The third-order valence-electron chi connectivity index (χ3n) is 4.94. The second-order valence-corrected chi connectivity index (χ2v) is 8.06. The Morgan fingerprint density at radius 2 is 1.88 bits per heavy atom. The number of aryl methyl sites for hydroxylation is 1. The minimum absolute atomic E-state index is 0.0953. The molecule has 3 aromatic rings. The van der Waals surface area contributed by atoms with Gasteiger partial charge in [-0.1, -0.05) is 20.8 Å². The molecule has 1 aliphatic rings. The fourth-order valence-corrected chi connectivity index (χ4v) is 3.26. The molecular weight excluding hydrogens is 326 g/mol. The Hall–Kier alpha value is -2.70. The highest BCUT2D eigenvalue weighted by atomic mass is 15.4. The molecule has 7 nitrogen and oxygen atoms in total. The Kier molecular flexibility index (Phi) is 3.82. The predicted octanol–water partition coefficient (Wildman–Crippen LogP) is 2.45. The van der Waals surface area contributed by atoms with Gasteiger partial charge < -0.3 is 9.80 Å². The Morgan fingerprint density at radius 3 is 2.58 bits per heavy atom. The molecule has 0 radical (unpaired) electrons. The molecule has 0 N–H and O–H groups in total. The molecule has 3 aromatic heterocycles. The molecule has 4 heterocycles. The number of hydrogen-bond acceptors (Lipinski definition) is 6. The van der Waals surface area contributed by atoms with Crippen LogP contribution >= 0.6 is 0 Å². The first-order chi connectivity index (χ1) is 12.3. The van der Waals surface area contributed by atoms with Gasteiger partial charge >= 0.3 is 0 Å². The molecule has 0 unspecified atom stereocenters. The summed E-state index contributed by atoms with van der Waals surface area (Å²) in [6.07, 6.45) is 1.87. The van der Waals surface area contributed by atoms with Crippen LogP contribution in [0.5, 0.6) is 0 Å². The summed E-state index contributed by atoms with van der Waals surface area (Å²) in [6.45, 7) is 10.3. The van der Waals surface area contributed by atoms with Gasteiger partial charge in [-0.3, -0.25) is 4.98 Å². The van der Waals surface area contributed by atoms with Crippen LogP contribution in [0, 0.1) is 6.92 Å². The minimum atomic E-state index is -0.0953. The fraction of sp³-hybridized carbons (Fsp3) is 0.474. The van der Waals surface area contributed by atoms with Crippen LogP contribution in [0.15, 0.2) is 30.5 Å². The Labute approximate surface area is 153 Å². The van der Waals surface area contributed by atoms with Crippen molar-refractivity contribution in [3.63, 3.8) is 0 Å². The van der Waals surface area contributed by atoms with E-state index in [0.717, 1.165) is 36.1 Å². The van der Waals surface area contributed by atoms with Crippen molar-refractivity contribution in [2.45, 2.75) is 39.2 Å². The summed E-state index contributed by atoms with van der Waals surface area (Å²) in [5, 5.41) is 13.4. The molecule has 4 rings (SSSR count). The van der Waals surface area contributed by atoms with Gasteiger partial charge in [-0.15, -0.1) is 15.3 Å². The zero-order valence-electron chi connectivity index (χ0n) is 16.0. The monoisotopic (exact) mass is 351 g/mol. The zero-order valence-corrected chi connectivity index (χ0v) is 16.0. The lowest BCUT2D eigenvalue weighted by atomic mass is 9.96. The number of rotatable bonds is 3. The minimum Gasteiger partial charge on any atom is -0.368 e. The molecule has 0 atom stereocenters. The fourth-order valence-electron chi connectivity index (χ4n) is 3.26. The molecule has 1 saturated heterocycles. The van der Waals surface area contributed by atoms with E-state index in [0.29, 0.717) is 6.04 Å². The van der Waals surface area contributed by atoms with Crippen molar-refractivity contribution in [2.24, 2.45) is 0 Å². The van der Waals surface area contributed by atoms with Gasteiger partial charge in [0.05, 0.1) is 6.04 Å². The molecule has 7 heteroatoms. The van der Waals surface area contributed by atoms with Gasteiger partial charge in [-0.25, -0.2) is 0 Å². The van der Waals surface area contributed by atoms with Crippen LogP contribution < -0.4 is 9.80 Å². The number of aromatic nitrogens is 5. The summed E-state index contributed by atoms with van der Waals surface area (Å²) in [7, 11) is 2.14. The molecule has 0 bridgehead atoms. The van der Waals surface area contributed by atoms with Crippen molar-refractivity contribution in [3.8, 4) is 0 Å². The van der Waals surface area contributed by atoms with E-state index in [1.165, 1.54) is 5.69 Å². The van der Waals surface area contributed by atoms with Crippen LogP contribution in [0.25, 0.3) is 5.65 Å². The van der Waals surface area contributed by atoms with Gasteiger partial charge in [-0.05, 0) is 31.2 Å².